The predicted molar refractivity (Wildman–Crippen MR) is 101 cm³/mol. The summed E-state index contributed by atoms with van der Waals surface area (Å²) in [6.45, 7) is 0.0592. The molecule has 2 rings (SSSR count). The molecule has 1 amide bonds. The topological polar surface area (TPSA) is 92.3 Å². The van der Waals surface area contributed by atoms with Gasteiger partial charge in [-0.05, 0) is 17.7 Å². The monoisotopic (exact) mass is 389 g/mol. The molecule has 0 aliphatic carbocycles. The lowest BCUT2D eigenvalue weighted by atomic mass is 10.0. The van der Waals surface area contributed by atoms with E-state index in [9.17, 15) is 9.59 Å². The van der Waals surface area contributed by atoms with Crippen LogP contribution in [0.1, 0.15) is 17.2 Å². The van der Waals surface area contributed by atoms with Gasteiger partial charge >= 0.3 is 12.1 Å². The Morgan fingerprint density at radius 3 is 2.14 bits per heavy atom. The molecule has 0 heterocycles. The first-order chi connectivity index (χ1) is 13.5. The van der Waals surface area contributed by atoms with E-state index in [4.69, 9.17) is 23.7 Å². The highest BCUT2D eigenvalue weighted by Gasteiger charge is 2.30. The highest BCUT2D eigenvalue weighted by Crippen LogP contribution is 2.42. The molecule has 8 heteroatoms. The number of rotatable bonds is 8. The summed E-state index contributed by atoms with van der Waals surface area (Å²) >= 11 is 0. The molecular weight excluding hydrogens is 366 g/mol. The van der Waals surface area contributed by atoms with Crippen LogP contribution in [0.2, 0.25) is 0 Å². The Morgan fingerprint density at radius 2 is 1.57 bits per heavy atom. The summed E-state index contributed by atoms with van der Waals surface area (Å²) in [4.78, 5) is 24.6. The van der Waals surface area contributed by atoms with Crippen molar-refractivity contribution < 1.29 is 33.3 Å². The number of methoxy groups -OCH3 is 4. The van der Waals surface area contributed by atoms with Crippen LogP contribution in [-0.4, -0.2) is 40.5 Å². The predicted octanol–water partition coefficient (Wildman–Crippen LogP) is 2.85. The zero-order valence-electron chi connectivity index (χ0n) is 16.2. The summed E-state index contributed by atoms with van der Waals surface area (Å²) in [5.41, 5.74) is 1.15. The molecular formula is C20H23NO7. The standard InChI is InChI=1S/C20H23NO7/c1-24-15-11-10-14(17(25-2)18(15)26-3)16(19(22)27-4)21-20(23)28-12-13-8-6-5-7-9-13/h5-11,16H,12H2,1-4H3,(H,21,23). The van der Waals surface area contributed by atoms with E-state index in [0.29, 0.717) is 11.3 Å². The smallest absolute Gasteiger partial charge is 0.408 e. The maximum absolute atomic E-state index is 12.3. The zero-order valence-corrected chi connectivity index (χ0v) is 16.2. The number of ether oxygens (including phenoxy) is 5. The van der Waals surface area contributed by atoms with Gasteiger partial charge in [-0.2, -0.15) is 0 Å². The van der Waals surface area contributed by atoms with Gasteiger partial charge in [0.1, 0.15) is 6.61 Å². The van der Waals surface area contributed by atoms with Crippen molar-refractivity contribution in [1.82, 2.24) is 5.32 Å². The van der Waals surface area contributed by atoms with Crippen molar-refractivity contribution in [2.45, 2.75) is 12.6 Å². The fourth-order valence-electron chi connectivity index (χ4n) is 2.62. The Morgan fingerprint density at radius 1 is 0.893 bits per heavy atom. The molecule has 1 atom stereocenters. The van der Waals surface area contributed by atoms with Gasteiger partial charge in [0.15, 0.2) is 17.5 Å². The van der Waals surface area contributed by atoms with Crippen molar-refractivity contribution in [2.75, 3.05) is 28.4 Å². The normalized spacial score (nSPS) is 11.1. The van der Waals surface area contributed by atoms with E-state index in [2.05, 4.69) is 5.32 Å². The number of esters is 1. The van der Waals surface area contributed by atoms with Crippen molar-refractivity contribution in [3.8, 4) is 17.2 Å². The van der Waals surface area contributed by atoms with Crippen molar-refractivity contribution in [3.05, 3.63) is 53.6 Å². The Hall–Kier alpha value is -3.42. The number of amides is 1. The minimum atomic E-state index is -1.16. The molecule has 0 saturated heterocycles. The molecule has 28 heavy (non-hydrogen) atoms. The van der Waals surface area contributed by atoms with Crippen LogP contribution in [0.5, 0.6) is 17.2 Å². The Kier molecular flexibility index (Phi) is 7.50. The van der Waals surface area contributed by atoms with Crippen molar-refractivity contribution in [2.24, 2.45) is 0 Å². The van der Waals surface area contributed by atoms with Gasteiger partial charge in [0.25, 0.3) is 0 Å². The maximum atomic E-state index is 12.3. The van der Waals surface area contributed by atoms with Crippen LogP contribution in [-0.2, 0) is 20.9 Å². The van der Waals surface area contributed by atoms with E-state index in [1.54, 1.807) is 12.1 Å². The van der Waals surface area contributed by atoms with Gasteiger partial charge in [-0.1, -0.05) is 30.3 Å². The number of benzene rings is 2. The molecule has 0 aromatic heterocycles. The molecule has 0 spiro atoms. The molecule has 1 N–H and O–H groups in total. The lowest BCUT2D eigenvalue weighted by Crippen LogP contribution is -2.35. The first-order valence-corrected chi connectivity index (χ1v) is 8.39. The number of hydrogen-bond donors (Lipinski definition) is 1. The summed E-state index contributed by atoms with van der Waals surface area (Å²) in [5.74, 6) is 0.247. The second-order valence-electron chi connectivity index (χ2n) is 5.59. The molecule has 1 unspecified atom stereocenters. The quantitative estimate of drug-likeness (QED) is 0.694. The van der Waals surface area contributed by atoms with Gasteiger partial charge in [0, 0.05) is 5.56 Å². The maximum Gasteiger partial charge on any atom is 0.408 e. The summed E-state index contributed by atoms with van der Waals surface area (Å²) in [6.07, 6.45) is -0.781. The first-order valence-electron chi connectivity index (χ1n) is 8.39. The lowest BCUT2D eigenvalue weighted by molar-refractivity contribution is -0.143. The van der Waals surface area contributed by atoms with Crippen LogP contribution in [0.3, 0.4) is 0 Å². The van der Waals surface area contributed by atoms with Gasteiger partial charge in [0.05, 0.1) is 28.4 Å². The Bertz CT molecular complexity index is 808. The number of hydrogen-bond acceptors (Lipinski definition) is 7. The molecule has 0 aliphatic rings. The fourth-order valence-corrected chi connectivity index (χ4v) is 2.62. The van der Waals surface area contributed by atoms with Gasteiger partial charge in [-0.15, -0.1) is 0 Å². The average Bonchev–Trinajstić information content (AvgIpc) is 2.75. The summed E-state index contributed by atoms with van der Waals surface area (Å²) in [5, 5.41) is 2.51. The minimum absolute atomic E-state index is 0.0592. The third-order valence-electron chi connectivity index (χ3n) is 3.96. The van der Waals surface area contributed by atoms with Crippen molar-refractivity contribution >= 4 is 12.1 Å². The van der Waals surface area contributed by atoms with Crippen molar-refractivity contribution in [3.63, 3.8) is 0 Å². The molecule has 0 bridgehead atoms. The van der Waals surface area contributed by atoms with E-state index in [-0.39, 0.29) is 18.1 Å². The third kappa shape index (κ3) is 4.85. The lowest BCUT2D eigenvalue weighted by Gasteiger charge is -2.21. The van der Waals surface area contributed by atoms with Crippen LogP contribution in [0.4, 0.5) is 4.79 Å². The van der Waals surface area contributed by atoms with E-state index in [0.717, 1.165) is 5.56 Å². The second kappa shape index (κ2) is 10.1. The van der Waals surface area contributed by atoms with Crippen LogP contribution >= 0.6 is 0 Å². The van der Waals surface area contributed by atoms with Crippen LogP contribution in [0, 0.1) is 0 Å². The molecule has 2 aromatic carbocycles. The van der Waals surface area contributed by atoms with Crippen molar-refractivity contribution in [1.29, 1.82) is 0 Å². The van der Waals surface area contributed by atoms with Gasteiger partial charge in [-0.25, -0.2) is 9.59 Å². The Labute approximate surface area is 163 Å². The molecule has 0 radical (unpaired) electrons. The SMILES string of the molecule is COC(=O)C(NC(=O)OCc1ccccc1)c1ccc(OC)c(OC)c1OC. The van der Waals surface area contributed by atoms with Gasteiger partial charge in [-0.3, -0.25) is 0 Å². The zero-order chi connectivity index (χ0) is 20.5. The highest BCUT2D eigenvalue weighted by molar-refractivity contribution is 5.84. The number of nitrogens with one attached hydrogen (secondary N) is 1. The number of alkyl carbamates (subject to hydrolysis) is 1. The highest BCUT2D eigenvalue weighted by atomic mass is 16.6. The van der Waals surface area contributed by atoms with Crippen LogP contribution in [0.25, 0.3) is 0 Å². The van der Waals surface area contributed by atoms with Crippen LogP contribution in [0.15, 0.2) is 42.5 Å². The van der Waals surface area contributed by atoms with Crippen LogP contribution < -0.4 is 19.5 Å². The molecule has 0 fully saturated rings. The number of carbonyl (C=O) groups is 2. The molecule has 150 valence electrons. The molecule has 2 aromatic rings. The Balaban J connectivity index is 2.26. The second-order valence-corrected chi connectivity index (χ2v) is 5.59. The third-order valence-corrected chi connectivity index (χ3v) is 3.96. The largest absolute Gasteiger partial charge is 0.493 e. The fraction of sp³-hybridized carbons (Fsp3) is 0.300. The van der Waals surface area contributed by atoms with E-state index < -0.39 is 18.1 Å². The van der Waals surface area contributed by atoms with E-state index in [1.807, 2.05) is 30.3 Å². The summed E-state index contributed by atoms with van der Waals surface area (Å²) in [7, 11) is 5.56. The molecule has 8 nitrogen and oxygen atoms in total. The molecule has 0 aliphatic heterocycles. The number of carbonyl (C=O) groups excluding carboxylic acids is 2. The minimum Gasteiger partial charge on any atom is -0.493 e. The van der Waals surface area contributed by atoms with Gasteiger partial charge in [0.2, 0.25) is 5.75 Å². The summed E-state index contributed by atoms with van der Waals surface area (Å²) < 4.78 is 26.0. The average molecular weight is 389 g/mol. The summed E-state index contributed by atoms with van der Waals surface area (Å²) in [6, 6.07) is 11.2. The molecule has 0 saturated carbocycles. The first kappa shape index (κ1) is 20.9. The van der Waals surface area contributed by atoms with Gasteiger partial charge < -0.3 is 29.0 Å². The van der Waals surface area contributed by atoms with E-state index >= 15 is 0 Å². The van der Waals surface area contributed by atoms with E-state index in [1.165, 1.54) is 28.4 Å².